The van der Waals surface area contributed by atoms with E-state index in [1.165, 1.54) is 29.7 Å². The predicted octanol–water partition coefficient (Wildman–Crippen LogP) is 3.50. The minimum absolute atomic E-state index is 0.0217. The third-order valence-electron chi connectivity index (χ3n) is 5.76. The molecule has 148 valence electrons. The molecule has 1 aliphatic carbocycles. The van der Waals surface area contributed by atoms with E-state index in [2.05, 4.69) is 16.9 Å². The molecule has 0 aromatic heterocycles. The van der Waals surface area contributed by atoms with Crippen LogP contribution in [0.2, 0.25) is 0 Å². The van der Waals surface area contributed by atoms with E-state index >= 15 is 0 Å². The number of carbonyl (C=O) groups is 1. The summed E-state index contributed by atoms with van der Waals surface area (Å²) in [5.41, 5.74) is 3.00. The first-order valence-electron chi connectivity index (χ1n) is 10.0. The standard InChI is InChI=1S/C22H26N2O3S/c25-22(24-15-14-17-6-4-5-7-19(17)16-24)18-10-12-21(13-11-18)28(26,27)23-20-8-2-1-3-9-20/h4-7,10-13,20,23H,1-3,8-9,14-16H2. The van der Waals surface area contributed by atoms with Crippen LogP contribution in [0, 0.1) is 0 Å². The van der Waals surface area contributed by atoms with E-state index < -0.39 is 10.0 Å². The lowest BCUT2D eigenvalue weighted by molar-refractivity contribution is 0.0734. The van der Waals surface area contributed by atoms with Crippen molar-refractivity contribution in [2.24, 2.45) is 0 Å². The number of amides is 1. The first kappa shape index (κ1) is 19.2. The summed E-state index contributed by atoms with van der Waals surface area (Å²) in [6.45, 7) is 1.28. The number of nitrogens with zero attached hydrogens (tertiary/aromatic N) is 1. The van der Waals surface area contributed by atoms with Crippen LogP contribution in [-0.4, -0.2) is 31.8 Å². The Labute approximate surface area is 166 Å². The third kappa shape index (κ3) is 4.13. The summed E-state index contributed by atoms with van der Waals surface area (Å²) < 4.78 is 28.0. The average molecular weight is 399 g/mol. The summed E-state index contributed by atoms with van der Waals surface area (Å²) in [6, 6.07) is 14.5. The topological polar surface area (TPSA) is 66.5 Å². The van der Waals surface area contributed by atoms with Gasteiger partial charge in [0.25, 0.3) is 5.91 Å². The minimum atomic E-state index is -3.54. The van der Waals surface area contributed by atoms with Gasteiger partial charge in [-0.15, -0.1) is 0 Å². The molecule has 1 saturated carbocycles. The molecule has 5 nitrogen and oxygen atoms in total. The van der Waals surface area contributed by atoms with E-state index in [4.69, 9.17) is 0 Å². The summed E-state index contributed by atoms with van der Waals surface area (Å²) in [7, 11) is -3.54. The molecule has 28 heavy (non-hydrogen) atoms. The van der Waals surface area contributed by atoms with E-state index in [-0.39, 0.29) is 16.8 Å². The van der Waals surface area contributed by atoms with Crippen molar-refractivity contribution >= 4 is 15.9 Å². The number of hydrogen-bond donors (Lipinski definition) is 1. The fourth-order valence-corrected chi connectivity index (χ4v) is 5.44. The molecular weight excluding hydrogens is 372 g/mol. The smallest absolute Gasteiger partial charge is 0.254 e. The maximum absolute atomic E-state index is 12.8. The van der Waals surface area contributed by atoms with Crippen molar-refractivity contribution in [3.63, 3.8) is 0 Å². The summed E-state index contributed by atoms with van der Waals surface area (Å²) in [6.07, 6.45) is 5.95. The zero-order valence-electron chi connectivity index (χ0n) is 15.9. The molecule has 1 amide bonds. The zero-order valence-corrected chi connectivity index (χ0v) is 16.7. The van der Waals surface area contributed by atoms with E-state index in [0.29, 0.717) is 18.7 Å². The normalized spacial score (nSPS) is 17.9. The summed E-state index contributed by atoms with van der Waals surface area (Å²) >= 11 is 0. The Morgan fingerprint density at radius 2 is 1.61 bits per heavy atom. The lowest BCUT2D eigenvalue weighted by atomic mass is 9.96. The number of rotatable bonds is 4. The van der Waals surface area contributed by atoms with Crippen molar-refractivity contribution in [1.29, 1.82) is 0 Å². The highest BCUT2D eigenvalue weighted by molar-refractivity contribution is 7.89. The number of fused-ring (bicyclic) bond motifs is 1. The first-order valence-corrected chi connectivity index (χ1v) is 11.5. The maximum atomic E-state index is 12.8. The molecule has 1 aliphatic heterocycles. The van der Waals surface area contributed by atoms with Crippen LogP contribution in [0.15, 0.2) is 53.4 Å². The SMILES string of the molecule is O=C(c1ccc(S(=O)(=O)NC2CCCCC2)cc1)N1CCc2ccccc2C1. The Kier molecular flexibility index (Phi) is 5.51. The van der Waals surface area contributed by atoms with Crippen LogP contribution >= 0.6 is 0 Å². The highest BCUT2D eigenvalue weighted by Crippen LogP contribution is 2.22. The second kappa shape index (κ2) is 8.05. The van der Waals surface area contributed by atoms with E-state index in [9.17, 15) is 13.2 Å². The van der Waals surface area contributed by atoms with Crippen LogP contribution in [0.1, 0.15) is 53.6 Å². The van der Waals surface area contributed by atoms with Crippen LogP contribution < -0.4 is 4.72 Å². The van der Waals surface area contributed by atoms with Crippen molar-refractivity contribution in [3.05, 3.63) is 65.2 Å². The van der Waals surface area contributed by atoms with Crippen molar-refractivity contribution in [2.75, 3.05) is 6.54 Å². The Morgan fingerprint density at radius 3 is 2.32 bits per heavy atom. The number of carbonyl (C=O) groups excluding carboxylic acids is 1. The molecule has 0 radical (unpaired) electrons. The number of hydrogen-bond acceptors (Lipinski definition) is 3. The van der Waals surface area contributed by atoms with Gasteiger partial charge in [-0.25, -0.2) is 13.1 Å². The van der Waals surface area contributed by atoms with Crippen molar-refractivity contribution in [3.8, 4) is 0 Å². The fraction of sp³-hybridized carbons (Fsp3) is 0.409. The molecular formula is C22H26N2O3S. The Balaban J connectivity index is 1.45. The van der Waals surface area contributed by atoms with Gasteiger partial charge in [0.05, 0.1) is 4.90 Å². The zero-order chi connectivity index (χ0) is 19.6. The summed E-state index contributed by atoms with van der Waals surface area (Å²) in [5.74, 6) is -0.0568. The van der Waals surface area contributed by atoms with E-state index in [0.717, 1.165) is 32.1 Å². The maximum Gasteiger partial charge on any atom is 0.254 e. The molecule has 2 aromatic rings. The molecule has 1 heterocycles. The molecule has 2 aromatic carbocycles. The second-order valence-corrected chi connectivity index (χ2v) is 9.44. The van der Waals surface area contributed by atoms with Crippen LogP contribution in [0.4, 0.5) is 0 Å². The van der Waals surface area contributed by atoms with Gasteiger partial charge in [0.15, 0.2) is 0 Å². The van der Waals surface area contributed by atoms with Crippen molar-refractivity contribution < 1.29 is 13.2 Å². The van der Waals surface area contributed by atoms with Crippen molar-refractivity contribution in [1.82, 2.24) is 9.62 Å². The highest BCUT2D eigenvalue weighted by Gasteiger charge is 2.24. The van der Waals surface area contributed by atoms with Gasteiger partial charge in [-0.05, 0) is 54.7 Å². The molecule has 0 saturated heterocycles. The lowest BCUT2D eigenvalue weighted by Crippen LogP contribution is -2.36. The van der Waals surface area contributed by atoms with Crippen LogP contribution in [-0.2, 0) is 23.0 Å². The Bertz CT molecular complexity index is 948. The largest absolute Gasteiger partial charge is 0.334 e. The molecule has 1 N–H and O–H groups in total. The summed E-state index contributed by atoms with van der Waals surface area (Å²) in [5, 5.41) is 0. The summed E-state index contributed by atoms with van der Waals surface area (Å²) in [4.78, 5) is 14.9. The van der Waals surface area contributed by atoms with Crippen molar-refractivity contribution in [2.45, 2.75) is 56.0 Å². The molecule has 2 aliphatic rings. The average Bonchev–Trinajstić information content (AvgIpc) is 2.73. The number of sulfonamides is 1. The monoisotopic (exact) mass is 398 g/mol. The van der Waals surface area contributed by atoms with Gasteiger partial charge in [-0.1, -0.05) is 43.5 Å². The lowest BCUT2D eigenvalue weighted by Gasteiger charge is -2.29. The molecule has 0 unspecified atom stereocenters. The molecule has 0 spiro atoms. The molecule has 0 bridgehead atoms. The van der Waals surface area contributed by atoms with Gasteiger partial charge in [-0.2, -0.15) is 0 Å². The van der Waals surface area contributed by atoms with Gasteiger partial charge in [0.1, 0.15) is 0 Å². The van der Waals surface area contributed by atoms with Gasteiger partial charge in [-0.3, -0.25) is 4.79 Å². The Hall–Kier alpha value is -2.18. The first-order chi connectivity index (χ1) is 13.5. The van der Waals surface area contributed by atoms with Crippen LogP contribution in [0.5, 0.6) is 0 Å². The van der Waals surface area contributed by atoms with E-state index in [1.54, 1.807) is 12.1 Å². The fourth-order valence-electron chi connectivity index (χ4n) is 4.14. The molecule has 6 heteroatoms. The quantitative estimate of drug-likeness (QED) is 0.857. The van der Waals surface area contributed by atoms with Gasteiger partial charge in [0.2, 0.25) is 10.0 Å². The van der Waals surface area contributed by atoms with Gasteiger partial charge < -0.3 is 4.90 Å². The highest BCUT2D eigenvalue weighted by atomic mass is 32.2. The van der Waals surface area contributed by atoms with Gasteiger partial charge >= 0.3 is 0 Å². The second-order valence-electron chi connectivity index (χ2n) is 7.73. The number of benzene rings is 2. The predicted molar refractivity (Wildman–Crippen MR) is 109 cm³/mol. The van der Waals surface area contributed by atoms with Crippen LogP contribution in [0.25, 0.3) is 0 Å². The Morgan fingerprint density at radius 1 is 0.929 bits per heavy atom. The third-order valence-corrected chi connectivity index (χ3v) is 7.29. The minimum Gasteiger partial charge on any atom is -0.334 e. The van der Waals surface area contributed by atoms with Gasteiger partial charge in [0, 0.05) is 24.7 Å². The molecule has 0 atom stereocenters. The molecule has 1 fully saturated rings. The number of nitrogens with one attached hydrogen (secondary N) is 1. The molecule has 4 rings (SSSR count). The van der Waals surface area contributed by atoms with Crippen LogP contribution in [0.3, 0.4) is 0 Å². The van der Waals surface area contributed by atoms with E-state index in [1.807, 2.05) is 17.0 Å².